The molecule has 0 saturated carbocycles. The van der Waals surface area contributed by atoms with Crippen molar-refractivity contribution in [1.29, 1.82) is 0 Å². The minimum Gasteiger partial charge on any atom is -0.494 e. The van der Waals surface area contributed by atoms with Crippen LogP contribution >= 0.6 is 11.3 Å². The molecule has 0 N–H and O–H groups in total. The number of hydrogen-bond donors (Lipinski definition) is 0. The summed E-state index contributed by atoms with van der Waals surface area (Å²) in [6.07, 6.45) is 6.61. The molecule has 1 aromatic heterocycles. The van der Waals surface area contributed by atoms with Gasteiger partial charge in [0.1, 0.15) is 15.8 Å². The molecular weight excluding hydrogens is 396 g/mol. The number of nitrogens with zero attached hydrogens (tertiary/aromatic N) is 2. The summed E-state index contributed by atoms with van der Waals surface area (Å²) in [5.41, 5.74) is 2.73. The minimum absolute atomic E-state index is 0.340. The van der Waals surface area contributed by atoms with Crippen molar-refractivity contribution in [2.24, 2.45) is 0 Å². The smallest absolute Gasteiger partial charge is 0.337 e. The second kappa shape index (κ2) is 11.5. The van der Waals surface area contributed by atoms with E-state index in [0.29, 0.717) is 5.56 Å². The summed E-state index contributed by atoms with van der Waals surface area (Å²) in [7, 11) is 1.38. The fraction of sp³-hybridized carbons (Fsp3) is 0.375. The average molecular weight is 425 g/mol. The lowest BCUT2D eigenvalue weighted by Gasteiger charge is -2.07. The van der Waals surface area contributed by atoms with Gasteiger partial charge in [-0.15, -0.1) is 10.2 Å². The van der Waals surface area contributed by atoms with Gasteiger partial charge in [-0.05, 0) is 42.7 Å². The van der Waals surface area contributed by atoms with E-state index in [1.165, 1.54) is 31.9 Å². The topological polar surface area (TPSA) is 61.3 Å². The third kappa shape index (κ3) is 6.39. The van der Waals surface area contributed by atoms with Crippen LogP contribution in [0.15, 0.2) is 48.5 Å². The molecular formula is C24H28N2O3S. The molecule has 158 valence electrons. The van der Waals surface area contributed by atoms with Crippen molar-refractivity contribution in [3.05, 3.63) is 64.7 Å². The molecule has 0 aliphatic rings. The maximum atomic E-state index is 11.5. The number of rotatable bonds is 11. The molecule has 0 aliphatic heterocycles. The van der Waals surface area contributed by atoms with Gasteiger partial charge in [-0.1, -0.05) is 61.8 Å². The van der Waals surface area contributed by atoms with Crippen molar-refractivity contribution in [1.82, 2.24) is 10.2 Å². The Morgan fingerprint density at radius 1 is 0.933 bits per heavy atom. The molecule has 3 aromatic rings. The number of unbranched alkanes of at least 4 members (excludes halogenated alkanes) is 3. The van der Waals surface area contributed by atoms with Gasteiger partial charge >= 0.3 is 5.97 Å². The lowest BCUT2D eigenvalue weighted by Crippen LogP contribution is -2.00. The fourth-order valence-corrected chi connectivity index (χ4v) is 3.91. The molecule has 0 fully saturated rings. The van der Waals surface area contributed by atoms with Crippen LogP contribution in [0.4, 0.5) is 0 Å². The van der Waals surface area contributed by atoms with Gasteiger partial charge < -0.3 is 9.47 Å². The van der Waals surface area contributed by atoms with Gasteiger partial charge in [-0.3, -0.25) is 0 Å². The molecule has 0 spiro atoms. The maximum Gasteiger partial charge on any atom is 0.337 e. The van der Waals surface area contributed by atoms with Crippen LogP contribution in [0.1, 0.15) is 53.5 Å². The molecule has 0 saturated heterocycles. The van der Waals surface area contributed by atoms with E-state index in [2.05, 4.69) is 29.3 Å². The van der Waals surface area contributed by atoms with E-state index >= 15 is 0 Å². The lowest BCUT2D eigenvalue weighted by molar-refractivity contribution is 0.0601. The van der Waals surface area contributed by atoms with Crippen molar-refractivity contribution < 1.29 is 14.3 Å². The number of carbonyl (C=O) groups is 1. The minimum atomic E-state index is -0.340. The predicted molar refractivity (Wildman–Crippen MR) is 120 cm³/mol. The van der Waals surface area contributed by atoms with Crippen LogP contribution in [0, 0.1) is 0 Å². The summed E-state index contributed by atoms with van der Waals surface area (Å²) in [6.45, 7) is 3.00. The zero-order valence-corrected chi connectivity index (χ0v) is 18.4. The van der Waals surface area contributed by atoms with E-state index < -0.39 is 0 Å². The molecule has 0 amide bonds. The third-order valence-corrected chi connectivity index (χ3v) is 5.87. The van der Waals surface area contributed by atoms with Crippen molar-refractivity contribution in [3.63, 3.8) is 0 Å². The molecule has 30 heavy (non-hydrogen) atoms. The standard InChI is InChI=1S/C24H28N2O3S/c1-3-4-5-6-17-29-21-14-7-18(8-15-21)9-16-22-25-26-23(30-22)19-10-12-20(13-11-19)24(27)28-2/h7-8,10-15H,3-6,9,16-17H2,1-2H3. The molecule has 5 nitrogen and oxygen atoms in total. The van der Waals surface area contributed by atoms with E-state index in [1.807, 2.05) is 24.3 Å². The van der Waals surface area contributed by atoms with E-state index in [4.69, 9.17) is 9.47 Å². The second-order valence-electron chi connectivity index (χ2n) is 7.12. The van der Waals surface area contributed by atoms with Crippen LogP contribution in [0.25, 0.3) is 10.6 Å². The number of methoxy groups -OCH3 is 1. The summed E-state index contributed by atoms with van der Waals surface area (Å²) in [6, 6.07) is 15.6. The number of aryl methyl sites for hydroxylation is 2. The summed E-state index contributed by atoms with van der Waals surface area (Å²) in [5.74, 6) is 0.594. The Morgan fingerprint density at radius 2 is 1.70 bits per heavy atom. The highest BCUT2D eigenvalue weighted by Gasteiger charge is 2.09. The van der Waals surface area contributed by atoms with Crippen molar-refractivity contribution in [2.75, 3.05) is 13.7 Å². The van der Waals surface area contributed by atoms with Crippen LogP contribution in [-0.2, 0) is 17.6 Å². The molecule has 6 heteroatoms. The van der Waals surface area contributed by atoms with Gasteiger partial charge in [0.25, 0.3) is 0 Å². The van der Waals surface area contributed by atoms with Gasteiger partial charge in [-0.25, -0.2) is 4.79 Å². The molecule has 0 aliphatic carbocycles. The molecule has 3 rings (SSSR count). The van der Waals surface area contributed by atoms with E-state index in [9.17, 15) is 4.79 Å². The van der Waals surface area contributed by atoms with Crippen LogP contribution in [0.5, 0.6) is 5.75 Å². The first-order chi connectivity index (χ1) is 14.7. The van der Waals surface area contributed by atoms with Crippen LogP contribution in [-0.4, -0.2) is 29.9 Å². The average Bonchev–Trinajstić information content (AvgIpc) is 3.27. The van der Waals surface area contributed by atoms with Crippen LogP contribution in [0.2, 0.25) is 0 Å². The van der Waals surface area contributed by atoms with Gasteiger partial charge in [0.2, 0.25) is 0 Å². The zero-order chi connectivity index (χ0) is 21.2. The largest absolute Gasteiger partial charge is 0.494 e. The van der Waals surface area contributed by atoms with E-state index in [0.717, 1.165) is 47.2 Å². The van der Waals surface area contributed by atoms with Gasteiger partial charge in [-0.2, -0.15) is 0 Å². The molecule has 0 atom stereocenters. The van der Waals surface area contributed by atoms with Crippen molar-refractivity contribution in [3.8, 4) is 16.3 Å². The number of aromatic nitrogens is 2. The highest BCUT2D eigenvalue weighted by Crippen LogP contribution is 2.25. The number of benzene rings is 2. The van der Waals surface area contributed by atoms with Crippen molar-refractivity contribution in [2.45, 2.75) is 45.4 Å². The number of esters is 1. The first kappa shape index (κ1) is 22.0. The Labute approximate surface area is 182 Å². The molecule has 2 aromatic carbocycles. The molecule has 1 heterocycles. The molecule has 0 unspecified atom stereocenters. The number of carbonyl (C=O) groups excluding carboxylic acids is 1. The zero-order valence-electron chi connectivity index (χ0n) is 17.6. The third-order valence-electron chi connectivity index (χ3n) is 4.84. The normalized spacial score (nSPS) is 10.7. The van der Waals surface area contributed by atoms with Crippen LogP contribution in [0.3, 0.4) is 0 Å². The highest BCUT2D eigenvalue weighted by atomic mass is 32.1. The van der Waals surface area contributed by atoms with Crippen LogP contribution < -0.4 is 4.74 Å². The predicted octanol–water partition coefficient (Wildman–Crippen LogP) is 5.74. The monoisotopic (exact) mass is 424 g/mol. The summed E-state index contributed by atoms with van der Waals surface area (Å²) in [5, 5.41) is 10.5. The Balaban J connectivity index is 1.48. The molecule has 0 radical (unpaired) electrons. The van der Waals surface area contributed by atoms with Gasteiger partial charge in [0, 0.05) is 12.0 Å². The summed E-state index contributed by atoms with van der Waals surface area (Å²) >= 11 is 1.58. The Kier molecular flexibility index (Phi) is 8.39. The Bertz CT molecular complexity index is 920. The highest BCUT2D eigenvalue weighted by molar-refractivity contribution is 7.14. The Morgan fingerprint density at radius 3 is 2.40 bits per heavy atom. The second-order valence-corrected chi connectivity index (χ2v) is 8.19. The first-order valence-corrected chi connectivity index (χ1v) is 11.2. The SMILES string of the molecule is CCCCCCOc1ccc(CCc2nnc(-c3ccc(C(=O)OC)cc3)s2)cc1. The molecule has 0 bridgehead atoms. The maximum absolute atomic E-state index is 11.5. The fourth-order valence-electron chi connectivity index (χ4n) is 3.06. The number of ether oxygens (including phenoxy) is 2. The summed E-state index contributed by atoms with van der Waals surface area (Å²) in [4.78, 5) is 11.5. The summed E-state index contributed by atoms with van der Waals surface area (Å²) < 4.78 is 10.5. The van der Waals surface area contributed by atoms with Crippen molar-refractivity contribution >= 4 is 17.3 Å². The quantitative estimate of drug-likeness (QED) is 0.290. The van der Waals surface area contributed by atoms with Gasteiger partial charge in [0.05, 0.1) is 19.3 Å². The van der Waals surface area contributed by atoms with E-state index in [1.54, 1.807) is 23.5 Å². The van der Waals surface area contributed by atoms with Gasteiger partial charge in [0.15, 0.2) is 0 Å². The first-order valence-electron chi connectivity index (χ1n) is 10.4. The van der Waals surface area contributed by atoms with E-state index in [-0.39, 0.29) is 5.97 Å². The lowest BCUT2D eigenvalue weighted by atomic mass is 10.1. The number of hydrogen-bond acceptors (Lipinski definition) is 6. The Hall–Kier alpha value is -2.73.